The van der Waals surface area contributed by atoms with Gasteiger partial charge in [-0.25, -0.2) is 0 Å². The number of carbonyl (C=O) groups is 3. The van der Waals surface area contributed by atoms with Crippen LogP contribution in [0.3, 0.4) is 0 Å². The molecular weight excluding hydrogens is 459 g/mol. The fraction of sp³-hybridized carbons (Fsp3) is 0.316. The molecule has 1 fully saturated rings. The summed E-state index contributed by atoms with van der Waals surface area (Å²) in [6.45, 7) is -0.276. The molecule has 0 radical (unpaired) electrons. The number of halogens is 4. The van der Waals surface area contributed by atoms with Crippen LogP contribution in [0.2, 0.25) is 5.02 Å². The summed E-state index contributed by atoms with van der Waals surface area (Å²) >= 11 is 6.69. The Morgan fingerprint density at radius 1 is 1.29 bits per heavy atom. The molecule has 3 rings (SSSR count). The number of alkyl halides is 3. The number of hydrogen-bond donors (Lipinski definition) is 1. The molecule has 0 unspecified atom stereocenters. The molecule has 1 aliphatic heterocycles. The summed E-state index contributed by atoms with van der Waals surface area (Å²) < 4.78 is 44.3. The van der Waals surface area contributed by atoms with Crippen LogP contribution in [0.1, 0.15) is 11.3 Å². The van der Waals surface area contributed by atoms with Crippen molar-refractivity contribution in [3.8, 4) is 0 Å². The minimum Gasteiger partial charge on any atom is -0.467 e. The van der Waals surface area contributed by atoms with Crippen LogP contribution >= 0.6 is 23.4 Å². The number of nitrogens with one attached hydrogen (secondary N) is 1. The van der Waals surface area contributed by atoms with Crippen molar-refractivity contribution in [1.29, 1.82) is 0 Å². The molecule has 1 aliphatic rings. The lowest BCUT2D eigenvalue weighted by molar-refractivity contribution is -0.137. The van der Waals surface area contributed by atoms with Crippen molar-refractivity contribution in [3.05, 3.63) is 52.9 Å². The Morgan fingerprint density at radius 2 is 2.06 bits per heavy atom. The molecule has 2 heterocycles. The average Bonchev–Trinajstić information content (AvgIpc) is 3.34. The lowest BCUT2D eigenvalue weighted by atomic mass is 10.2. The van der Waals surface area contributed by atoms with Gasteiger partial charge in [0.25, 0.3) is 5.24 Å². The summed E-state index contributed by atoms with van der Waals surface area (Å²) in [5.41, 5.74) is -1.20. The minimum absolute atomic E-state index is 0.0388. The van der Waals surface area contributed by atoms with E-state index in [0.29, 0.717) is 18.1 Å². The van der Waals surface area contributed by atoms with E-state index in [-0.39, 0.29) is 24.0 Å². The highest BCUT2D eigenvalue weighted by atomic mass is 35.5. The Bertz CT molecular complexity index is 969. The van der Waals surface area contributed by atoms with E-state index in [1.54, 1.807) is 12.1 Å². The van der Waals surface area contributed by atoms with Crippen LogP contribution in [-0.2, 0) is 22.3 Å². The molecule has 0 spiro atoms. The highest BCUT2D eigenvalue weighted by Gasteiger charge is 2.33. The van der Waals surface area contributed by atoms with Crippen LogP contribution in [0.15, 0.2) is 41.0 Å². The summed E-state index contributed by atoms with van der Waals surface area (Å²) in [6.07, 6.45) is -3.27. The van der Waals surface area contributed by atoms with Gasteiger partial charge in [-0.3, -0.25) is 14.4 Å². The van der Waals surface area contributed by atoms with E-state index >= 15 is 0 Å². The van der Waals surface area contributed by atoms with Gasteiger partial charge in [-0.05, 0) is 30.3 Å². The molecule has 3 amide bonds. The second-order valence-electron chi connectivity index (χ2n) is 6.61. The Morgan fingerprint density at radius 3 is 2.68 bits per heavy atom. The lowest BCUT2D eigenvalue weighted by Gasteiger charge is -2.24. The van der Waals surface area contributed by atoms with Crippen molar-refractivity contribution in [2.24, 2.45) is 0 Å². The monoisotopic (exact) mass is 475 g/mol. The van der Waals surface area contributed by atoms with Crippen LogP contribution < -0.4 is 5.32 Å². The maximum atomic E-state index is 13.0. The lowest BCUT2D eigenvalue weighted by Crippen LogP contribution is -2.43. The van der Waals surface area contributed by atoms with Gasteiger partial charge < -0.3 is 19.5 Å². The number of hydrogen-bond acceptors (Lipinski definition) is 5. The number of benzene rings is 1. The van der Waals surface area contributed by atoms with Gasteiger partial charge in [0.1, 0.15) is 18.8 Å². The van der Waals surface area contributed by atoms with E-state index in [9.17, 15) is 27.6 Å². The number of furan rings is 1. The molecule has 166 valence electrons. The molecule has 1 aromatic carbocycles. The SMILES string of the molecule is O=C(CN(Cc1ccco1)C(=O)CN1CCSC1=O)Nc1ccc(Cl)c(C(F)(F)F)c1. The Kier molecular flexibility index (Phi) is 7.16. The first kappa shape index (κ1) is 23.0. The number of rotatable bonds is 7. The second-order valence-corrected chi connectivity index (χ2v) is 8.06. The summed E-state index contributed by atoms with van der Waals surface area (Å²) in [6, 6.07) is 6.21. The zero-order valence-electron chi connectivity index (χ0n) is 15.9. The van der Waals surface area contributed by atoms with E-state index < -0.39 is 35.1 Å². The van der Waals surface area contributed by atoms with Crippen molar-refractivity contribution >= 4 is 46.1 Å². The Hall–Kier alpha value is -2.66. The van der Waals surface area contributed by atoms with Crippen LogP contribution in [0, 0.1) is 0 Å². The highest BCUT2D eigenvalue weighted by Crippen LogP contribution is 2.36. The van der Waals surface area contributed by atoms with Crippen molar-refractivity contribution in [2.45, 2.75) is 12.7 Å². The normalized spacial score (nSPS) is 14.1. The molecule has 0 saturated carbocycles. The summed E-state index contributed by atoms with van der Waals surface area (Å²) in [7, 11) is 0. The first-order chi connectivity index (χ1) is 14.6. The van der Waals surface area contributed by atoms with E-state index in [2.05, 4.69) is 5.32 Å². The third kappa shape index (κ3) is 6.17. The first-order valence-electron chi connectivity index (χ1n) is 9.02. The fourth-order valence-electron chi connectivity index (χ4n) is 2.85. The molecule has 31 heavy (non-hydrogen) atoms. The number of nitrogens with zero attached hydrogens (tertiary/aromatic N) is 2. The number of thioether (sulfide) groups is 1. The molecule has 0 atom stereocenters. The summed E-state index contributed by atoms with van der Waals surface area (Å²) in [5.74, 6) is -0.218. The van der Waals surface area contributed by atoms with Crippen LogP contribution in [0.5, 0.6) is 0 Å². The summed E-state index contributed by atoms with van der Waals surface area (Å²) in [5, 5.41) is 1.62. The summed E-state index contributed by atoms with van der Waals surface area (Å²) in [4.78, 5) is 39.5. The standard InChI is InChI=1S/C19H17ClF3N3O4S/c20-15-4-3-12(8-14(15)19(21,22)23)24-16(27)10-26(9-13-2-1-6-30-13)17(28)11-25-5-7-31-18(25)29/h1-4,6,8H,5,7,9-11H2,(H,24,27). The molecular formula is C19H17ClF3N3O4S. The number of carbonyl (C=O) groups excluding carboxylic acids is 3. The Labute approximate surface area is 184 Å². The topological polar surface area (TPSA) is 82.9 Å². The smallest absolute Gasteiger partial charge is 0.417 e. The molecule has 7 nitrogen and oxygen atoms in total. The fourth-order valence-corrected chi connectivity index (χ4v) is 3.90. The predicted molar refractivity (Wildman–Crippen MR) is 109 cm³/mol. The molecule has 1 N–H and O–H groups in total. The van der Waals surface area contributed by atoms with E-state index in [1.807, 2.05) is 0 Å². The molecule has 1 aromatic heterocycles. The average molecular weight is 476 g/mol. The second kappa shape index (κ2) is 9.65. The molecule has 2 aromatic rings. The van der Waals surface area contributed by atoms with Crippen molar-refractivity contribution < 1.29 is 32.0 Å². The van der Waals surface area contributed by atoms with Gasteiger partial charge >= 0.3 is 6.18 Å². The molecule has 0 bridgehead atoms. The zero-order chi connectivity index (χ0) is 22.6. The van der Waals surface area contributed by atoms with Gasteiger partial charge in [0, 0.05) is 18.0 Å². The highest BCUT2D eigenvalue weighted by molar-refractivity contribution is 8.13. The van der Waals surface area contributed by atoms with Crippen molar-refractivity contribution in [1.82, 2.24) is 9.80 Å². The van der Waals surface area contributed by atoms with Gasteiger partial charge in [-0.1, -0.05) is 23.4 Å². The maximum absolute atomic E-state index is 13.0. The van der Waals surface area contributed by atoms with E-state index in [0.717, 1.165) is 23.9 Å². The zero-order valence-corrected chi connectivity index (χ0v) is 17.5. The molecule has 0 aliphatic carbocycles. The van der Waals surface area contributed by atoms with Gasteiger partial charge in [0.2, 0.25) is 11.8 Å². The van der Waals surface area contributed by atoms with Crippen molar-refractivity contribution in [3.63, 3.8) is 0 Å². The third-order valence-electron chi connectivity index (χ3n) is 4.34. The van der Waals surface area contributed by atoms with Gasteiger partial charge in [0.15, 0.2) is 0 Å². The van der Waals surface area contributed by atoms with Crippen LogP contribution in [0.25, 0.3) is 0 Å². The van der Waals surface area contributed by atoms with Crippen molar-refractivity contribution in [2.75, 3.05) is 30.7 Å². The van der Waals surface area contributed by atoms with E-state index in [4.69, 9.17) is 16.0 Å². The van der Waals surface area contributed by atoms with Crippen LogP contribution in [0.4, 0.5) is 23.7 Å². The Balaban J connectivity index is 1.70. The maximum Gasteiger partial charge on any atom is 0.417 e. The predicted octanol–water partition coefficient (Wildman–Crippen LogP) is 4.09. The van der Waals surface area contributed by atoms with E-state index in [1.165, 1.54) is 22.1 Å². The first-order valence-corrected chi connectivity index (χ1v) is 10.4. The molecule has 12 heteroatoms. The van der Waals surface area contributed by atoms with Crippen LogP contribution in [-0.4, -0.2) is 52.2 Å². The van der Waals surface area contributed by atoms with Gasteiger partial charge in [0.05, 0.1) is 23.4 Å². The number of amides is 3. The quantitative estimate of drug-likeness (QED) is 0.652. The third-order valence-corrected chi connectivity index (χ3v) is 5.56. The number of anilines is 1. The van der Waals surface area contributed by atoms with Gasteiger partial charge in [-0.15, -0.1) is 0 Å². The minimum atomic E-state index is -4.68. The largest absolute Gasteiger partial charge is 0.467 e. The van der Waals surface area contributed by atoms with Gasteiger partial charge in [-0.2, -0.15) is 13.2 Å². The molecule has 1 saturated heterocycles.